The SMILES string of the molecule is CCOC(=O)c1c2n(c3c(OC)c(Br)ccc3c1=O)C1CC1S2=O. The van der Waals surface area contributed by atoms with Gasteiger partial charge in [-0.1, -0.05) is 0 Å². The van der Waals surface area contributed by atoms with Gasteiger partial charge in [0.25, 0.3) is 0 Å². The zero-order chi connectivity index (χ0) is 17.2. The van der Waals surface area contributed by atoms with Crippen molar-refractivity contribution >= 4 is 43.6 Å². The summed E-state index contributed by atoms with van der Waals surface area (Å²) in [6.07, 6.45) is 0.773. The van der Waals surface area contributed by atoms with Crippen LogP contribution in [-0.4, -0.2) is 33.7 Å². The van der Waals surface area contributed by atoms with Crippen LogP contribution in [0.4, 0.5) is 0 Å². The van der Waals surface area contributed by atoms with Crippen molar-refractivity contribution in [2.24, 2.45) is 0 Å². The molecule has 0 radical (unpaired) electrons. The van der Waals surface area contributed by atoms with Crippen LogP contribution in [0.3, 0.4) is 0 Å². The van der Waals surface area contributed by atoms with Crippen LogP contribution in [0.15, 0.2) is 26.4 Å². The molecule has 0 saturated heterocycles. The molecule has 2 heterocycles. The van der Waals surface area contributed by atoms with E-state index in [4.69, 9.17) is 9.47 Å². The molecule has 2 aliphatic rings. The number of halogens is 1. The lowest BCUT2D eigenvalue weighted by atomic mass is 10.1. The summed E-state index contributed by atoms with van der Waals surface area (Å²) in [5.74, 6) is -0.213. The summed E-state index contributed by atoms with van der Waals surface area (Å²) in [4.78, 5) is 25.3. The third kappa shape index (κ3) is 1.96. The summed E-state index contributed by atoms with van der Waals surface area (Å²) in [5.41, 5.74) is 0.00711. The number of esters is 1. The second-order valence-electron chi connectivity index (χ2n) is 5.72. The van der Waals surface area contributed by atoms with E-state index in [0.29, 0.717) is 21.1 Å². The van der Waals surface area contributed by atoms with Crippen molar-refractivity contribution in [2.75, 3.05) is 13.7 Å². The molecule has 3 atom stereocenters. The standard InChI is InChI=1S/C16H14BrNO5S/c1-3-23-16(20)11-13(19)7-4-5-8(17)14(22-2)12(7)18-9-6-10(9)24(21)15(11)18/h4-5,9-10H,3,6H2,1-2H3. The van der Waals surface area contributed by atoms with Crippen molar-refractivity contribution in [1.29, 1.82) is 0 Å². The smallest absolute Gasteiger partial charge is 0.344 e. The maximum Gasteiger partial charge on any atom is 0.344 e. The molecule has 24 heavy (non-hydrogen) atoms. The molecule has 4 rings (SSSR count). The highest BCUT2D eigenvalue weighted by Crippen LogP contribution is 2.53. The van der Waals surface area contributed by atoms with E-state index in [1.54, 1.807) is 19.1 Å². The van der Waals surface area contributed by atoms with Crippen LogP contribution in [0, 0.1) is 0 Å². The van der Waals surface area contributed by atoms with Gasteiger partial charge in [-0.15, -0.1) is 0 Å². The van der Waals surface area contributed by atoms with Gasteiger partial charge in [-0.25, -0.2) is 4.79 Å². The molecule has 1 aromatic carbocycles. The van der Waals surface area contributed by atoms with Crippen LogP contribution in [-0.2, 0) is 15.5 Å². The Hall–Kier alpha value is -1.67. The zero-order valence-electron chi connectivity index (χ0n) is 13.0. The van der Waals surface area contributed by atoms with Crippen molar-refractivity contribution in [1.82, 2.24) is 4.57 Å². The van der Waals surface area contributed by atoms with Crippen LogP contribution in [0.25, 0.3) is 10.9 Å². The predicted octanol–water partition coefficient (Wildman–Crippen LogP) is 2.38. The van der Waals surface area contributed by atoms with E-state index in [2.05, 4.69) is 15.9 Å². The van der Waals surface area contributed by atoms with Crippen LogP contribution in [0.2, 0.25) is 0 Å². The number of carbonyl (C=O) groups is 1. The van der Waals surface area contributed by atoms with E-state index in [0.717, 1.165) is 6.42 Å². The first-order chi connectivity index (χ1) is 11.5. The van der Waals surface area contributed by atoms with Crippen LogP contribution < -0.4 is 10.2 Å². The summed E-state index contributed by atoms with van der Waals surface area (Å²) in [6, 6.07) is 3.39. The van der Waals surface area contributed by atoms with Crippen molar-refractivity contribution < 1.29 is 18.5 Å². The van der Waals surface area contributed by atoms with Gasteiger partial charge in [0.1, 0.15) is 10.6 Å². The third-order valence-electron chi connectivity index (χ3n) is 4.41. The molecule has 0 spiro atoms. The predicted molar refractivity (Wildman–Crippen MR) is 92.3 cm³/mol. The topological polar surface area (TPSA) is 74.6 Å². The fourth-order valence-electron chi connectivity index (χ4n) is 3.32. The average molecular weight is 412 g/mol. The molecule has 1 aliphatic carbocycles. The maximum absolute atomic E-state index is 12.9. The molecule has 6 nitrogen and oxygen atoms in total. The maximum atomic E-state index is 12.9. The summed E-state index contributed by atoms with van der Waals surface area (Å²) in [5, 5.41) is 0.585. The van der Waals surface area contributed by atoms with Crippen LogP contribution in [0.5, 0.6) is 5.75 Å². The first-order valence-electron chi connectivity index (χ1n) is 7.53. The van der Waals surface area contributed by atoms with Crippen molar-refractivity contribution in [3.05, 3.63) is 32.4 Å². The molecule has 1 aliphatic heterocycles. The van der Waals surface area contributed by atoms with E-state index in [9.17, 15) is 13.8 Å². The van der Waals surface area contributed by atoms with E-state index in [1.807, 2.05) is 4.57 Å². The Morgan fingerprint density at radius 2 is 2.21 bits per heavy atom. The third-order valence-corrected chi connectivity index (χ3v) is 6.87. The first kappa shape index (κ1) is 15.8. The molecule has 8 heteroatoms. The minimum Gasteiger partial charge on any atom is -0.493 e. The lowest BCUT2D eigenvalue weighted by molar-refractivity contribution is 0.0519. The van der Waals surface area contributed by atoms with Crippen molar-refractivity contribution in [2.45, 2.75) is 29.7 Å². The van der Waals surface area contributed by atoms with Gasteiger partial charge in [-0.2, -0.15) is 0 Å². The van der Waals surface area contributed by atoms with Crippen molar-refractivity contribution in [3.8, 4) is 5.75 Å². The summed E-state index contributed by atoms with van der Waals surface area (Å²) in [7, 11) is 0.124. The molecular formula is C16H14BrNO5S. The monoisotopic (exact) mass is 411 g/mol. The number of nitrogens with zero attached hydrogens (tertiary/aromatic N) is 1. The van der Waals surface area contributed by atoms with Gasteiger partial charge >= 0.3 is 5.97 Å². The summed E-state index contributed by atoms with van der Waals surface area (Å²) < 4.78 is 25.8. The van der Waals surface area contributed by atoms with E-state index >= 15 is 0 Å². The number of hydrogen-bond acceptors (Lipinski definition) is 5. The van der Waals surface area contributed by atoms with Gasteiger partial charge in [0.15, 0.2) is 5.75 Å². The quantitative estimate of drug-likeness (QED) is 0.724. The van der Waals surface area contributed by atoms with Gasteiger partial charge in [0.05, 0.1) is 51.2 Å². The van der Waals surface area contributed by atoms with Gasteiger partial charge in [-0.05, 0) is 41.4 Å². The molecule has 0 N–H and O–H groups in total. The highest BCUT2D eigenvalue weighted by Gasteiger charge is 2.54. The van der Waals surface area contributed by atoms with Gasteiger partial charge < -0.3 is 14.0 Å². The minimum absolute atomic E-state index is 0.0281. The molecular weight excluding hydrogens is 398 g/mol. The second-order valence-corrected chi connectivity index (χ2v) is 8.16. The number of ether oxygens (including phenoxy) is 2. The average Bonchev–Trinajstić information content (AvgIpc) is 3.29. The van der Waals surface area contributed by atoms with Gasteiger partial charge in [-0.3, -0.25) is 9.00 Å². The normalized spacial score (nSPS) is 23.7. The Morgan fingerprint density at radius 1 is 1.46 bits per heavy atom. The Morgan fingerprint density at radius 3 is 2.88 bits per heavy atom. The molecule has 1 aromatic heterocycles. The molecule has 2 aromatic rings. The summed E-state index contributed by atoms with van der Waals surface area (Å²) in [6.45, 7) is 1.82. The fourth-order valence-corrected chi connectivity index (χ4v) is 5.66. The largest absolute Gasteiger partial charge is 0.493 e. The minimum atomic E-state index is -1.40. The van der Waals surface area contributed by atoms with Gasteiger partial charge in [0.2, 0.25) is 5.43 Å². The number of aromatic nitrogens is 1. The zero-order valence-corrected chi connectivity index (χ0v) is 15.4. The molecule has 1 saturated carbocycles. The fraction of sp³-hybridized carbons (Fsp3) is 0.375. The number of benzene rings is 1. The Labute approximate surface area is 148 Å². The van der Waals surface area contributed by atoms with Crippen molar-refractivity contribution in [3.63, 3.8) is 0 Å². The number of carbonyl (C=O) groups excluding carboxylic acids is 1. The highest BCUT2D eigenvalue weighted by molar-refractivity contribution is 9.10. The molecule has 126 valence electrons. The molecule has 3 unspecified atom stereocenters. The van der Waals surface area contributed by atoms with Crippen LogP contribution >= 0.6 is 15.9 Å². The van der Waals surface area contributed by atoms with Crippen LogP contribution in [0.1, 0.15) is 29.7 Å². The lowest BCUT2D eigenvalue weighted by Gasteiger charge is -2.17. The number of rotatable bonds is 3. The second kappa shape index (κ2) is 5.42. The number of pyridine rings is 1. The molecule has 0 amide bonds. The first-order valence-corrected chi connectivity index (χ1v) is 9.54. The highest BCUT2D eigenvalue weighted by atomic mass is 79.9. The van der Waals surface area contributed by atoms with E-state index in [-0.39, 0.29) is 28.5 Å². The number of methoxy groups -OCH3 is 1. The van der Waals surface area contributed by atoms with E-state index < -0.39 is 22.2 Å². The Balaban J connectivity index is 2.18. The van der Waals surface area contributed by atoms with Gasteiger partial charge in [0, 0.05) is 0 Å². The summed E-state index contributed by atoms with van der Waals surface area (Å²) >= 11 is 3.42. The number of hydrogen-bond donors (Lipinski definition) is 0. The molecule has 1 fully saturated rings. The number of fused-ring (bicyclic) bond motifs is 5. The Bertz CT molecular complexity index is 983. The van der Waals surface area contributed by atoms with E-state index in [1.165, 1.54) is 7.11 Å². The Kier molecular flexibility index (Phi) is 3.58. The lowest BCUT2D eigenvalue weighted by Crippen LogP contribution is -2.24. The molecule has 0 bridgehead atoms.